The summed E-state index contributed by atoms with van der Waals surface area (Å²) in [6.07, 6.45) is 5.00. The first-order valence-electron chi connectivity index (χ1n) is 6.47. The number of aliphatic hydroxyl groups is 1. The predicted octanol–water partition coefficient (Wildman–Crippen LogP) is 2.37. The predicted molar refractivity (Wildman–Crippen MR) is 70.2 cm³/mol. The van der Waals surface area contributed by atoms with Gasteiger partial charge in [0.25, 0.3) is 0 Å². The Hall–Kier alpha value is -1.60. The number of nitriles is 1. The number of aryl methyl sites for hydroxylation is 1. The van der Waals surface area contributed by atoms with Crippen LogP contribution in [-0.4, -0.2) is 22.2 Å². The Morgan fingerprint density at radius 2 is 2.11 bits per heavy atom. The summed E-state index contributed by atoms with van der Waals surface area (Å²) in [5.41, 5.74) is 0.753. The average Bonchev–Trinajstić information content (AvgIpc) is 2.38. The van der Waals surface area contributed by atoms with E-state index in [1.165, 1.54) is 6.42 Å². The Kier molecular flexibility index (Phi) is 3.83. The summed E-state index contributed by atoms with van der Waals surface area (Å²) >= 11 is 0. The van der Waals surface area contributed by atoms with Gasteiger partial charge in [0.1, 0.15) is 11.9 Å². The highest BCUT2D eigenvalue weighted by atomic mass is 16.3. The molecule has 0 bridgehead atoms. The SMILES string of the molecule is Cc1ccc(C#N)c(NCC2(O)CCCCC2)n1. The molecule has 0 saturated heterocycles. The van der Waals surface area contributed by atoms with E-state index in [1.54, 1.807) is 6.07 Å². The van der Waals surface area contributed by atoms with Crippen LogP contribution in [0.5, 0.6) is 0 Å². The quantitative estimate of drug-likeness (QED) is 0.857. The Morgan fingerprint density at radius 1 is 1.39 bits per heavy atom. The Balaban J connectivity index is 2.05. The van der Waals surface area contributed by atoms with Crippen LogP contribution in [0.4, 0.5) is 5.82 Å². The largest absolute Gasteiger partial charge is 0.388 e. The first-order valence-corrected chi connectivity index (χ1v) is 6.47. The van der Waals surface area contributed by atoms with Crippen LogP contribution in [0.3, 0.4) is 0 Å². The van der Waals surface area contributed by atoms with Crippen molar-refractivity contribution in [3.63, 3.8) is 0 Å². The van der Waals surface area contributed by atoms with Crippen molar-refractivity contribution in [2.75, 3.05) is 11.9 Å². The standard InChI is InChI=1S/C14H19N3O/c1-11-5-6-12(9-15)13(17-11)16-10-14(18)7-3-2-4-8-14/h5-6,18H,2-4,7-8,10H2,1H3,(H,16,17). The highest BCUT2D eigenvalue weighted by molar-refractivity contribution is 5.52. The molecule has 0 spiro atoms. The molecule has 4 heteroatoms. The highest BCUT2D eigenvalue weighted by Gasteiger charge is 2.29. The summed E-state index contributed by atoms with van der Waals surface area (Å²) in [7, 11) is 0. The van der Waals surface area contributed by atoms with E-state index in [0.29, 0.717) is 17.9 Å². The lowest BCUT2D eigenvalue weighted by atomic mass is 9.85. The van der Waals surface area contributed by atoms with Gasteiger partial charge in [-0.1, -0.05) is 19.3 Å². The molecule has 1 aromatic heterocycles. The minimum Gasteiger partial charge on any atom is -0.388 e. The van der Waals surface area contributed by atoms with Gasteiger partial charge in [0, 0.05) is 12.2 Å². The summed E-state index contributed by atoms with van der Waals surface area (Å²) in [6, 6.07) is 5.69. The molecule has 0 aromatic carbocycles. The molecule has 2 N–H and O–H groups in total. The minimum atomic E-state index is -0.642. The number of hydrogen-bond acceptors (Lipinski definition) is 4. The highest BCUT2D eigenvalue weighted by Crippen LogP contribution is 2.28. The van der Waals surface area contributed by atoms with Crippen LogP contribution in [0, 0.1) is 18.3 Å². The van der Waals surface area contributed by atoms with Crippen molar-refractivity contribution in [3.8, 4) is 6.07 Å². The number of hydrogen-bond donors (Lipinski definition) is 2. The third-order valence-electron chi connectivity index (χ3n) is 3.52. The topological polar surface area (TPSA) is 68.9 Å². The van der Waals surface area contributed by atoms with Gasteiger partial charge in [0.2, 0.25) is 0 Å². The zero-order valence-corrected chi connectivity index (χ0v) is 10.7. The molecule has 18 heavy (non-hydrogen) atoms. The maximum atomic E-state index is 10.4. The molecule has 1 saturated carbocycles. The van der Waals surface area contributed by atoms with E-state index in [-0.39, 0.29) is 0 Å². The Bertz CT molecular complexity index is 459. The lowest BCUT2D eigenvalue weighted by Crippen LogP contribution is -2.39. The fraction of sp³-hybridized carbons (Fsp3) is 0.571. The van der Waals surface area contributed by atoms with Crippen molar-refractivity contribution in [2.45, 2.75) is 44.6 Å². The molecule has 4 nitrogen and oxygen atoms in total. The molecule has 1 heterocycles. The number of nitrogens with zero attached hydrogens (tertiary/aromatic N) is 2. The fourth-order valence-electron chi connectivity index (χ4n) is 2.42. The van der Waals surface area contributed by atoms with E-state index in [4.69, 9.17) is 5.26 Å². The van der Waals surface area contributed by atoms with Gasteiger partial charge >= 0.3 is 0 Å². The zero-order valence-electron chi connectivity index (χ0n) is 10.7. The second-order valence-corrected chi connectivity index (χ2v) is 5.10. The van der Waals surface area contributed by atoms with Gasteiger partial charge in [-0.25, -0.2) is 4.98 Å². The number of nitrogens with one attached hydrogen (secondary N) is 1. The van der Waals surface area contributed by atoms with E-state index < -0.39 is 5.60 Å². The number of anilines is 1. The molecule has 1 aromatic rings. The molecule has 96 valence electrons. The molecule has 2 rings (SSSR count). The fourth-order valence-corrected chi connectivity index (χ4v) is 2.42. The van der Waals surface area contributed by atoms with Gasteiger partial charge in [0.15, 0.2) is 0 Å². The van der Waals surface area contributed by atoms with Crippen molar-refractivity contribution in [1.82, 2.24) is 4.98 Å². The van der Waals surface area contributed by atoms with E-state index in [2.05, 4.69) is 16.4 Å². The van der Waals surface area contributed by atoms with Gasteiger partial charge in [0.05, 0.1) is 11.2 Å². The summed E-state index contributed by atoms with van der Waals surface area (Å²) < 4.78 is 0. The van der Waals surface area contributed by atoms with Gasteiger partial charge in [-0.2, -0.15) is 5.26 Å². The molecule has 0 amide bonds. The Morgan fingerprint density at radius 3 is 2.78 bits per heavy atom. The summed E-state index contributed by atoms with van der Waals surface area (Å²) in [5, 5.41) is 22.5. The van der Waals surface area contributed by atoms with Crippen molar-refractivity contribution >= 4 is 5.82 Å². The van der Waals surface area contributed by atoms with Crippen LogP contribution in [0.15, 0.2) is 12.1 Å². The van der Waals surface area contributed by atoms with Crippen LogP contribution in [-0.2, 0) is 0 Å². The molecular weight excluding hydrogens is 226 g/mol. The smallest absolute Gasteiger partial charge is 0.144 e. The maximum Gasteiger partial charge on any atom is 0.144 e. The van der Waals surface area contributed by atoms with Crippen molar-refractivity contribution in [3.05, 3.63) is 23.4 Å². The minimum absolute atomic E-state index is 0.470. The van der Waals surface area contributed by atoms with Crippen LogP contribution < -0.4 is 5.32 Å². The zero-order chi connectivity index (χ0) is 13.0. The molecule has 0 atom stereocenters. The second-order valence-electron chi connectivity index (χ2n) is 5.10. The number of rotatable bonds is 3. The summed E-state index contributed by atoms with van der Waals surface area (Å²) in [5.74, 6) is 0.580. The lowest BCUT2D eigenvalue weighted by molar-refractivity contribution is 0.0166. The van der Waals surface area contributed by atoms with E-state index in [9.17, 15) is 5.11 Å². The molecule has 0 unspecified atom stereocenters. The molecule has 1 aliphatic rings. The molecule has 1 aliphatic carbocycles. The molecule has 0 aliphatic heterocycles. The molecule has 0 radical (unpaired) electrons. The van der Waals surface area contributed by atoms with Gasteiger partial charge < -0.3 is 10.4 Å². The van der Waals surface area contributed by atoms with Crippen LogP contribution in [0.2, 0.25) is 0 Å². The van der Waals surface area contributed by atoms with Gasteiger partial charge in [-0.3, -0.25) is 0 Å². The van der Waals surface area contributed by atoms with E-state index in [0.717, 1.165) is 31.4 Å². The second kappa shape index (κ2) is 5.36. The molecule has 1 fully saturated rings. The van der Waals surface area contributed by atoms with Gasteiger partial charge in [-0.15, -0.1) is 0 Å². The summed E-state index contributed by atoms with van der Waals surface area (Å²) in [4.78, 5) is 4.31. The lowest BCUT2D eigenvalue weighted by Gasteiger charge is -2.32. The number of aromatic nitrogens is 1. The van der Waals surface area contributed by atoms with Crippen molar-refractivity contribution in [2.24, 2.45) is 0 Å². The molecular formula is C14H19N3O. The van der Waals surface area contributed by atoms with Crippen LogP contribution in [0.25, 0.3) is 0 Å². The first-order chi connectivity index (χ1) is 8.63. The third kappa shape index (κ3) is 2.99. The van der Waals surface area contributed by atoms with E-state index >= 15 is 0 Å². The maximum absolute atomic E-state index is 10.4. The Labute approximate surface area is 108 Å². The van der Waals surface area contributed by atoms with Crippen molar-refractivity contribution < 1.29 is 5.11 Å². The van der Waals surface area contributed by atoms with Crippen LogP contribution in [0.1, 0.15) is 43.4 Å². The monoisotopic (exact) mass is 245 g/mol. The third-order valence-corrected chi connectivity index (χ3v) is 3.52. The summed E-state index contributed by atoms with van der Waals surface area (Å²) in [6.45, 7) is 2.36. The van der Waals surface area contributed by atoms with Crippen molar-refractivity contribution in [1.29, 1.82) is 5.26 Å². The average molecular weight is 245 g/mol. The van der Waals surface area contributed by atoms with Crippen LogP contribution >= 0.6 is 0 Å². The normalized spacial score (nSPS) is 18.1. The van der Waals surface area contributed by atoms with Gasteiger partial charge in [-0.05, 0) is 31.9 Å². The number of pyridine rings is 1. The van der Waals surface area contributed by atoms with E-state index in [1.807, 2.05) is 13.0 Å². The first kappa shape index (κ1) is 12.8.